The van der Waals surface area contributed by atoms with E-state index < -0.39 is 0 Å². The molecule has 0 radical (unpaired) electrons. The molecule has 0 N–H and O–H groups in total. The molecule has 0 atom stereocenters. The standard InChI is InChI=1S/C28H31N/c1-10-11-15-20(2)21(3)18-26-23(5)24(6)27(28(26,7)8)19-22(4)29(9)25-16-13-12-14-17-25/h10-19H,1-6H2,7-9H3/b15-11-,26-18+,27-19+. The fraction of sp³-hybridized carbons (Fsp3) is 0.143. The Balaban J connectivity index is 2.39. The third kappa shape index (κ3) is 4.57. The van der Waals surface area contributed by atoms with Gasteiger partial charge in [0.2, 0.25) is 0 Å². The van der Waals surface area contributed by atoms with E-state index in [2.05, 4.69) is 82.5 Å². The monoisotopic (exact) mass is 381 g/mol. The van der Waals surface area contributed by atoms with E-state index in [4.69, 9.17) is 0 Å². The van der Waals surface area contributed by atoms with Crippen molar-refractivity contribution >= 4 is 5.69 Å². The van der Waals surface area contributed by atoms with E-state index in [0.29, 0.717) is 0 Å². The number of hydrogen-bond acceptors (Lipinski definition) is 1. The lowest BCUT2D eigenvalue weighted by Crippen LogP contribution is -2.17. The summed E-state index contributed by atoms with van der Waals surface area (Å²) in [4.78, 5) is 2.07. The van der Waals surface area contributed by atoms with Gasteiger partial charge in [-0.1, -0.05) is 95.8 Å². The van der Waals surface area contributed by atoms with Gasteiger partial charge in [-0.2, -0.15) is 0 Å². The van der Waals surface area contributed by atoms with Gasteiger partial charge in [-0.25, -0.2) is 0 Å². The second kappa shape index (κ2) is 8.79. The summed E-state index contributed by atoms with van der Waals surface area (Å²) in [6.45, 7) is 29.2. The lowest BCUT2D eigenvalue weighted by Gasteiger charge is -2.25. The normalized spacial score (nSPS) is 18.4. The van der Waals surface area contributed by atoms with E-state index >= 15 is 0 Å². The van der Waals surface area contributed by atoms with Crippen LogP contribution in [0.5, 0.6) is 0 Å². The average molecular weight is 382 g/mol. The lowest BCUT2D eigenvalue weighted by atomic mass is 9.81. The summed E-state index contributed by atoms with van der Waals surface area (Å²) < 4.78 is 0. The number of allylic oxidation sites excluding steroid dienone is 11. The summed E-state index contributed by atoms with van der Waals surface area (Å²) in [7, 11) is 2.02. The zero-order valence-electron chi connectivity index (χ0n) is 18.0. The van der Waals surface area contributed by atoms with Crippen molar-refractivity contribution in [3.63, 3.8) is 0 Å². The highest BCUT2D eigenvalue weighted by molar-refractivity contribution is 5.70. The smallest absolute Gasteiger partial charge is 0.0407 e. The minimum atomic E-state index is -0.264. The molecule has 1 aliphatic carbocycles. The van der Waals surface area contributed by atoms with Gasteiger partial charge in [0.05, 0.1) is 0 Å². The molecular weight excluding hydrogens is 350 g/mol. The van der Waals surface area contributed by atoms with Gasteiger partial charge >= 0.3 is 0 Å². The van der Waals surface area contributed by atoms with E-state index in [0.717, 1.165) is 44.8 Å². The van der Waals surface area contributed by atoms with Crippen LogP contribution in [0, 0.1) is 5.41 Å². The van der Waals surface area contributed by atoms with Gasteiger partial charge in [0, 0.05) is 23.8 Å². The first-order chi connectivity index (χ1) is 13.6. The maximum atomic E-state index is 4.30. The molecule has 1 aromatic rings. The summed E-state index contributed by atoms with van der Waals surface area (Å²) in [6.07, 6.45) is 9.65. The third-order valence-electron chi connectivity index (χ3n) is 5.41. The van der Waals surface area contributed by atoms with Gasteiger partial charge in [-0.3, -0.25) is 0 Å². The molecule has 1 nitrogen and oxygen atoms in total. The Bertz CT molecular complexity index is 974. The first-order valence-electron chi connectivity index (χ1n) is 9.59. The summed E-state index contributed by atoms with van der Waals surface area (Å²) in [5.41, 5.74) is 7.49. The molecule has 1 aliphatic rings. The highest BCUT2D eigenvalue weighted by Crippen LogP contribution is 2.52. The third-order valence-corrected chi connectivity index (χ3v) is 5.41. The zero-order valence-corrected chi connectivity index (χ0v) is 18.0. The Kier molecular flexibility index (Phi) is 6.66. The van der Waals surface area contributed by atoms with Crippen LogP contribution in [0.15, 0.2) is 139 Å². The molecule has 0 spiro atoms. The Labute approximate surface area is 176 Å². The predicted molar refractivity (Wildman–Crippen MR) is 130 cm³/mol. The minimum Gasteiger partial charge on any atom is -0.345 e. The molecule has 0 aromatic heterocycles. The molecule has 29 heavy (non-hydrogen) atoms. The number of hydrogen-bond donors (Lipinski definition) is 0. The number of anilines is 1. The van der Waals surface area contributed by atoms with Gasteiger partial charge in [0.1, 0.15) is 0 Å². The molecule has 1 aromatic carbocycles. The van der Waals surface area contributed by atoms with Crippen molar-refractivity contribution in [2.24, 2.45) is 5.41 Å². The van der Waals surface area contributed by atoms with Crippen molar-refractivity contribution in [2.45, 2.75) is 13.8 Å². The average Bonchev–Trinajstić information content (AvgIpc) is 2.86. The van der Waals surface area contributed by atoms with Gasteiger partial charge in [0.15, 0.2) is 0 Å². The van der Waals surface area contributed by atoms with Gasteiger partial charge in [0.25, 0.3) is 0 Å². The van der Waals surface area contributed by atoms with Crippen LogP contribution in [-0.2, 0) is 0 Å². The maximum absolute atomic E-state index is 4.30. The van der Waals surface area contributed by atoms with Crippen molar-refractivity contribution in [2.75, 3.05) is 11.9 Å². The van der Waals surface area contributed by atoms with Gasteiger partial charge < -0.3 is 4.90 Å². The molecule has 0 heterocycles. The number of likely N-dealkylation sites (N-methyl/N-ethyl adjacent to an activating group) is 1. The van der Waals surface area contributed by atoms with Crippen molar-refractivity contribution in [1.29, 1.82) is 0 Å². The first kappa shape index (κ1) is 22.0. The van der Waals surface area contributed by atoms with Crippen LogP contribution in [0.4, 0.5) is 5.69 Å². The molecule has 0 bridgehead atoms. The maximum Gasteiger partial charge on any atom is 0.0407 e. The SMILES string of the molecule is C=C/C=C\C(=C)C(=C)/C=C1\C(=C)C(=C)/C(=C\C(=C)N(C)c2ccccc2)C1(C)C. The molecule has 1 fully saturated rings. The quantitative estimate of drug-likeness (QED) is 0.442. The fourth-order valence-electron chi connectivity index (χ4n) is 3.40. The molecule has 0 aliphatic heterocycles. The predicted octanol–water partition coefficient (Wildman–Crippen LogP) is 7.50. The Morgan fingerprint density at radius 1 is 0.897 bits per heavy atom. The van der Waals surface area contributed by atoms with Crippen LogP contribution in [-0.4, -0.2) is 7.05 Å². The highest BCUT2D eigenvalue weighted by atomic mass is 15.1. The summed E-state index contributed by atoms with van der Waals surface area (Å²) in [5, 5.41) is 0. The van der Waals surface area contributed by atoms with E-state index in [1.165, 1.54) is 0 Å². The number of benzene rings is 1. The molecule has 148 valence electrons. The molecule has 0 amide bonds. The second-order valence-corrected chi connectivity index (χ2v) is 7.73. The molecule has 0 saturated heterocycles. The van der Waals surface area contributed by atoms with Gasteiger partial charge in [-0.05, 0) is 51.6 Å². The van der Waals surface area contributed by atoms with Crippen LogP contribution in [0.2, 0.25) is 0 Å². The van der Waals surface area contributed by atoms with Crippen molar-refractivity contribution in [3.05, 3.63) is 139 Å². The number of para-hydroxylation sites is 1. The van der Waals surface area contributed by atoms with E-state index in [9.17, 15) is 0 Å². The molecule has 2 rings (SSSR count). The van der Waals surface area contributed by atoms with Crippen molar-refractivity contribution in [1.82, 2.24) is 0 Å². The molecular formula is C28H31N. The van der Waals surface area contributed by atoms with Crippen LogP contribution in [0.3, 0.4) is 0 Å². The minimum absolute atomic E-state index is 0.264. The number of rotatable bonds is 7. The molecule has 0 unspecified atom stereocenters. The summed E-state index contributed by atoms with van der Waals surface area (Å²) >= 11 is 0. The topological polar surface area (TPSA) is 3.24 Å². The summed E-state index contributed by atoms with van der Waals surface area (Å²) in [6, 6.07) is 10.2. The second-order valence-electron chi connectivity index (χ2n) is 7.73. The van der Waals surface area contributed by atoms with Crippen LogP contribution in [0.25, 0.3) is 0 Å². The van der Waals surface area contributed by atoms with E-state index in [1.807, 2.05) is 37.4 Å². The Morgan fingerprint density at radius 2 is 1.45 bits per heavy atom. The van der Waals surface area contributed by atoms with Crippen LogP contribution < -0.4 is 4.90 Å². The Hall–Kier alpha value is -3.32. The van der Waals surface area contributed by atoms with Crippen molar-refractivity contribution < 1.29 is 0 Å². The van der Waals surface area contributed by atoms with E-state index in [1.54, 1.807) is 6.08 Å². The van der Waals surface area contributed by atoms with Crippen LogP contribution >= 0.6 is 0 Å². The Morgan fingerprint density at radius 3 is 2.00 bits per heavy atom. The first-order valence-corrected chi connectivity index (χ1v) is 9.59. The van der Waals surface area contributed by atoms with E-state index in [-0.39, 0.29) is 5.41 Å². The zero-order chi connectivity index (χ0) is 21.8. The van der Waals surface area contributed by atoms with Crippen LogP contribution in [0.1, 0.15) is 13.8 Å². The largest absolute Gasteiger partial charge is 0.345 e. The summed E-state index contributed by atoms with van der Waals surface area (Å²) in [5.74, 6) is 0. The molecule has 1 saturated carbocycles. The highest BCUT2D eigenvalue weighted by Gasteiger charge is 2.39. The molecule has 1 heteroatoms. The number of nitrogens with zero attached hydrogens (tertiary/aromatic N) is 1. The van der Waals surface area contributed by atoms with Crippen molar-refractivity contribution in [3.8, 4) is 0 Å². The van der Waals surface area contributed by atoms with Gasteiger partial charge in [-0.15, -0.1) is 0 Å². The fourth-order valence-corrected chi connectivity index (χ4v) is 3.40. The lowest BCUT2D eigenvalue weighted by molar-refractivity contribution is 0.582.